The third kappa shape index (κ3) is 3.95. The predicted octanol–water partition coefficient (Wildman–Crippen LogP) is 3.96. The van der Waals surface area contributed by atoms with Crippen LogP contribution in [0.25, 0.3) is 0 Å². The second kappa shape index (κ2) is 6.75. The predicted molar refractivity (Wildman–Crippen MR) is 88.8 cm³/mol. The Hall–Kier alpha value is -2.13. The first-order valence-electron chi connectivity index (χ1n) is 7.48. The van der Waals surface area contributed by atoms with E-state index < -0.39 is 5.97 Å². The highest BCUT2D eigenvalue weighted by molar-refractivity contribution is 5.69. The van der Waals surface area contributed by atoms with E-state index in [2.05, 4.69) is 45.0 Å². The van der Waals surface area contributed by atoms with Gasteiger partial charge in [0.1, 0.15) is 0 Å². The molecule has 0 spiro atoms. The molecule has 2 rings (SSSR count). The third-order valence-electron chi connectivity index (χ3n) is 3.71. The van der Waals surface area contributed by atoms with Gasteiger partial charge in [0.05, 0.1) is 12.6 Å². The number of nitrogens with zero attached hydrogens (tertiary/aromatic N) is 1. The molecule has 3 heteroatoms. The first-order valence-corrected chi connectivity index (χ1v) is 7.48. The van der Waals surface area contributed by atoms with Crippen molar-refractivity contribution in [2.24, 2.45) is 0 Å². The Balaban J connectivity index is 2.53. The lowest BCUT2D eigenvalue weighted by Crippen LogP contribution is -2.47. The maximum atomic E-state index is 11.4. The van der Waals surface area contributed by atoms with Crippen molar-refractivity contribution in [2.45, 2.75) is 32.4 Å². The van der Waals surface area contributed by atoms with Gasteiger partial charge in [0.2, 0.25) is 0 Å². The van der Waals surface area contributed by atoms with Crippen LogP contribution >= 0.6 is 0 Å². The summed E-state index contributed by atoms with van der Waals surface area (Å²) in [6.45, 7) is 6.15. The van der Waals surface area contributed by atoms with E-state index in [1.165, 1.54) is 0 Å². The summed E-state index contributed by atoms with van der Waals surface area (Å²) >= 11 is 0. The van der Waals surface area contributed by atoms with Crippen molar-refractivity contribution in [1.29, 1.82) is 0 Å². The van der Waals surface area contributed by atoms with Gasteiger partial charge in [-0.1, -0.05) is 60.7 Å². The Morgan fingerprint density at radius 2 is 1.36 bits per heavy atom. The summed E-state index contributed by atoms with van der Waals surface area (Å²) < 4.78 is 0. The molecule has 0 aliphatic rings. The minimum absolute atomic E-state index is 0.00203. The zero-order chi connectivity index (χ0) is 16.2. The van der Waals surface area contributed by atoms with Crippen molar-refractivity contribution in [1.82, 2.24) is 4.90 Å². The van der Waals surface area contributed by atoms with Gasteiger partial charge >= 0.3 is 5.97 Å². The maximum Gasteiger partial charge on any atom is 0.317 e. The van der Waals surface area contributed by atoms with E-state index in [1.54, 1.807) is 0 Å². The maximum absolute atomic E-state index is 11.4. The van der Waals surface area contributed by atoms with Gasteiger partial charge < -0.3 is 5.11 Å². The van der Waals surface area contributed by atoms with Crippen molar-refractivity contribution >= 4 is 5.97 Å². The summed E-state index contributed by atoms with van der Waals surface area (Å²) in [5.74, 6) is -0.813. The average molecular weight is 297 g/mol. The van der Waals surface area contributed by atoms with Gasteiger partial charge in [-0.05, 0) is 31.9 Å². The molecule has 0 aliphatic carbocycles. The minimum Gasteiger partial charge on any atom is -0.480 e. The fourth-order valence-electron chi connectivity index (χ4n) is 2.68. The molecule has 0 bridgehead atoms. The average Bonchev–Trinajstić information content (AvgIpc) is 2.47. The van der Waals surface area contributed by atoms with E-state index in [0.717, 1.165) is 11.1 Å². The fourth-order valence-corrected chi connectivity index (χ4v) is 2.68. The summed E-state index contributed by atoms with van der Waals surface area (Å²) in [6, 6.07) is 20.1. The van der Waals surface area contributed by atoms with E-state index in [4.69, 9.17) is 0 Å². The minimum atomic E-state index is -0.813. The summed E-state index contributed by atoms with van der Waals surface area (Å²) in [6.07, 6.45) is 0. The Morgan fingerprint density at radius 1 is 0.955 bits per heavy atom. The van der Waals surface area contributed by atoms with Gasteiger partial charge in [-0.25, -0.2) is 0 Å². The van der Waals surface area contributed by atoms with Crippen LogP contribution in [0.15, 0.2) is 60.7 Å². The Bertz CT molecular complexity index is 563. The number of hydrogen-bond acceptors (Lipinski definition) is 2. The van der Waals surface area contributed by atoms with Gasteiger partial charge in [-0.15, -0.1) is 0 Å². The molecule has 1 N–H and O–H groups in total. The molecular formula is C19H23NO2. The lowest BCUT2D eigenvalue weighted by molar-refractivity contribution is -0.140. The molecule has 2 aromatic carbocycles. The molecule has 0 heterocycles. The number of carboxylic acid groups (broad SMARTS) is 1. The molecule has 116 valence electrons. The molecule has 0 radical (unpaired) electrons. The lowest BCUT2D eigenvalue weighted by atomic mass is 9.92. The Labute approximate surface area is 132 Å². The monoisotopic (exact) mass is 297 g/mol. The third-order valence-corrected chi connectivity index (χ3v) is 3.71. The van der Waals surface area contributed by atoms with Crippen LogP contribution in [0.5, 0.6) is 0 Å². The molecule has 0 saturated carbocycles. The van der Waals surface area contributed by atoms with Crippen molar-refractivity contribution in [2.75, 3.05) is 6.54 Å². The SMILES string of the molecule is CC(C)(C)N(CC(=O)O)C(c1ccccc1)c1ccccc1. The first-order chi connectivity index (χ1) is 10.4. The van der Waals surface area contributed by atoms with Crippen molar-refractivity contribution in [3.63, 3.8) is 0 Å². The standard InChI is InChI=1S/C19H23NO2/c1-19(2,3)20(14-17(21)22)18(15-10-6-4-7-11-15)16-12-8-5-9-13-16/h4-13,18H,14H2,1-3H3,(H,21,22). The molecule has 3 nitrogen and oxygen atoms in total. The van der Waals surface area contributed by atoms with Gasteiger partial charge in [0, 0.05) is 5.54 Å². The van der Waals surface area contributed by atoms with Crippen LogP contribution in [0, 0.1) is 0 Å². The topological polar surface area (TPSA) is 40.5 Å². The molecule has 0 aromatic heterocycles. The number of rotatable bonds is 5. The molecule has 0 amide bonds. The van der Waals surface area contributed by atoms with Crippen LogP contribution in [0.1, 0.15) is 37.9 Å². The van der Waals surface area contributed by atoms with E-state index in [0.29, 0.717) is 0 Å². The van der Waals surface area contributed by atoms with Crippen LogP contribution in [0.2, 0.25) is 0 Å². The summed E-state index contributed by atoms with van der Waals surface area (Å²) in [4.78, 5) is 13.4. The molecule has 0 aliphatic heterocycles. The van der Waals surface area contributed by atoms with Crippen LogP contribution < -0.4 is 0 Å². The van der Waals surface area contributed by atoms with E-state index >= 15 is 0 Å². The van der Waals surface area contributed by atoms with Crippen LogP contribution in [-0.4, -0.2) is 28.1 Å². The molecule has 0 saturated heterocycles. The summed E-state index contributed by atoms with van der Waals surface area (Å²) in [5.41, 5.74) is 1.93. The van der Waals surface area contributed by atoms with E-state index in [9.17, 15) is 9.90 Å². The number of carboxylic acids is 1. The van der Waals surface area contributed by atoms with E-state index in [1.807, 2.05) is 41.3 Å². The quantitative estimate of drug-likeness (QED) is 0.908. The van der Waals surface area contributed by atoms with Gasteiger partial charge in [0.25, 0.3) is 0 Å². The van der Waals surface area contributed by atoms with Crippen LogP contribution in [0.3, 0.4) is 0 Å². The molecule has 0 atom stereocenters. The number of aliphatic carboxylic acids is 1. The highest BCUT2D eigenvalue weighted by Gasteiger charge is 2.32. The van der Waals surface area contributed by atoms with Crippen LogP contribution in [-0.2, 0) is 4.79 Å². The largest absolute Gasteiger partial charge is 0.480 e. The smallest absolute Gasteiger partial charge is 0.317 e. The zero-order valence-electron chi connectivity index (χ0n) is 13.4. The second-order valence-electron chi connectivity index (χ2n) is 6.42. The normalized spacial score (nSPS) is 11.9. The van der Waals surface area contributed by atoms with Gasteiger partial charge in [-0.3, -0.25) is 9.69 Å². The van der Waals surface area contributed by atoms with Gasteiger partial charge in [-0.2, -0.15) is 0 Å². The van der Waals surface area contributed by atoms with E-state index in [-0.39, 0.29) is 18.1 Å². The molecule has 22 heavy (non-hydrogen) atoms. The second-order valence-corrected chi connectivity index (χ2v) is 6.42. The highest BCUT2D eigenvalue weighted by atomic mass is 16.4. The molecule has 0 unspecified atom stereocenters. The van der Waals surface area contributed by atoms with Crippen LogP contribution in [0.4, 0.5) is 0 Å². The van der Waals surface area contributed by atoms with Crippen molar-refractivity contribution in [3.05, 3.63) is 71.8 Å². The Morgan fingerprint density at radius 3 is 1.68 bits per heavy atom. The molecule has 2 aromatic rings. The van der Waals surface area contributed by atoms with Crippen molar-refractivity contribution < 1.29 is 9.90 Å². The van der Waals surface area contributed by atoms with Gasteiger partial charge in [0.15, 0.2) is 0 Å². The summed E-state index contributed by atoms with van der Waals surface area (Å²) in [5, 5.41) is 9.35. The number of hydrogen-bond donors (Lipinski definition) is 1. The zero-order valence-corrected chi connectivity index (χ0v) is 13.4. The van der Waals surface area contributed by atoms with Crippen molar-refractivity contribution in [3.8, 4) is 0 Å². The number of carbonyl (C=O) groups is 1. The number of benzene rings is 2. The highest BCUT2D eigenvalue weighted by Crippen LogP contribution is 2.33. The summed E-state index contributed by atoms with van der Waals surface area (Å²) in [7, 11) is 0. The molecular weight excluding hydrogens is 274 g/mol. The lowest BCUT2D eigenvalue weighted by Gasteiger charge is -2.41. The molecule has 0 fully saturated rings. The fraction of sp³-hybridized carbons (Fsp3) is 0.316. The first kappa shape index (κ1) is 16.2. The Kier molecular flexibility index (Phi) is 4.99.